The molecule has 0 fully saturated rings. The molecule has 0 aliphatic heterocycles. The largest absolute Gasteiger partial charge is 3.00 e. The van der Waals surface area contributed by atoms with Crippen LogP contribution in [0.4, 0.5) is 0 Å². The van der Waals surface area contributed by atoms with Crippen LogP contribution in [-0.4, -0.2) is 0 Å². The van der Waals surface area contributed by atoms with Gasteiger partial charge in [-0.1, -0.05) is 0 Å². The average Bonchev–Trinajstić information content (AvgIpc) is 1.76. The van der Waals surface area contributed by atoms with E-state index in [4.69, 9.17) is 0 Å². The van der Waals surface area contributed by atoms with E-state index in [1.807, 2.05) is 12.2 Å². The van der Waals surface area contributed by atoms with Gasteiger partial charge in [-0.3, -0.25) is 6.08 Å². The van der Waals surface area contributed by atoms with Crippen LogP contribution in [0.25, 0.3) is 0 Å². The summed E-state index contributed by atoms with van der Waals surface area (Å²) in [7, 11) is 0. The summed E-state index contributed by atoms with van der Waals surface area (Å²) in [5, 5.41) is 0. The maximum absolute atomic E-state index is 2.99. The summed E-state index contributed by atoms with van der Waals surface area (Å²) >= 11 is 0. The van der Waals surface area contributed by atoms with Gasteiger partial charge in [-0.2, -0.15) is 6.08 Å². The fourth-order valence-corrected chi connectivity index (χ4v) is 0.340. The van der Waals surface area contributed by atoms with E-state index in [0.29, 0.717) is 0 Å². The van der Waals surface area contributed by atoms with Gasteiger partial charge in [0, 0.05) is 0 Å². The van der Waals surface area contributed by atoms with E-state index in [9.17, 15) is 0 Å². The Morgan fingerprint density at radius 2 is 2.00 bits per heavy atom. The molecule has 1 radical (unpaired) electrons. The van der Waals surface area contributed by atoms with E-state index < -0.39 is 0 Å². The van der Waals surface area contributed by atoms with Crippen LogP contribution in [0.15, 0.2) is 18.2 Å². The molecule has 0 aromatic heterocycles. The predicted octanol–water partition coefficient (Wildman–Crippen LogP) is 2.32. The zero-order valence-corrected chi connectivity index (χ0v) is 7.00. The Morgan fingerprint density at radius 3 is 2.12 bits per heavy atom. The molecule has 45 valence electrons. The minimum absolute atomic E-state index is 0. The quantitative estimate of drug-likeness (QED) is 0.361. The first-order valence-corrected chi connectivity index (χ1v) is 1.72. The van der Waals surface area contributed by atoms with Crippen molar-refractivity contribution in [1.82, 2.24) is 0 Å². The Kier molecular flexibility index (Phi) is 20.1. The van der Waals surface area contributed by atoms with E-state index in [0.717, 1.165) is 6.42 Å². The zero-order valence-electron chi connectivity index (χ0n) is 6.44. The van der Waals surface area contributed by atoms with Gasteiger partial charge in [-0.05, 0) is 0 Å². The molecule has 0 heterocycles. The second-order valence-corrected chi connectivity index (χ2v) is 1.00. The molecule has 0 aromatic rings. The van der Waals surface area contributed by atoms with Crippen molar-refractivity contribution >= 4 is 0 Å². The van der Waals surface area contributed by atoms with Gasteiger partial charge in [0.15, 0.2) is 0 Å². The van der Waals surface area contributed by atoms with Crippen molar-refractivity contribution in [3.63, 3.8) is 0 Å². The van der Waals surface area contributed by atoms with Crippen LogP contribution in [0.2, 0.25) is 0 Å². The molecule has 0 nitrogen and oxygen atoms in total. The Morgan fingerprint density at radius 1 is 1.38 bits per heavy atom. The zero-order chi connectivity index (χ0) is 3.54. The van der Waals surface area contributed by atoms with E-state index in [2.05, 4.69) is 12.2 Å². The second-order valence-electron chi connectivity index (χ2n) is 1.00. The average molecular weight is 144 g/mol. The van der Waals surface area contributed by atoms with Crippen LogP contribution in [-0.2, 0) is 21.7 Å². The summed E-state index contributed by atoms with van der Waals surface area (Å²) in [5.74, 6) is 0. The van der Waals surface area contributed by atoms with E-state index >= 15 is 0 Å². The smallest absolute Gasteiger partial charge is 1.00 e. The topological polar surface area (TPSA) is 0 Å². The molecule has 0 spiro atoms. The molecule has 0 atom stereocenters. The molecule has 0 unspecified atom stereocenters. The molecular weight excluding hydrogens is 132 g/mol. The molecule has 8 heavy (non-hydrogen) atoms. The van der Waals surface area contributed by atoms with Crippen molar-refractivity contribution < 1.29 is 23.1 Å². The number of hydrogen-bond acceptors (Lipinski definition) is 0. The minimum Gasteiger partial charge on any atom is -1.00 e. The molecule has 0 saturated heterocycles. The number of hydrogen-bond donors (Lipinski definition) is 0. The van der Waals surface area contributed by atoms with Gasteiger partial charge >= 0.3 is 21.7 Å². The van der Waals surface area contributed by atoms with Crippen molar-refractivity contribution in [3.8, 4) is 0 Å². The third-order valence-electron chi connectivity index (χ3n) is 0.586. The van der Waals surface area contributed by atoms with Crippen LogP contribution in [0.5, 0.6) is 0 Å². The van der Waals surface area contributed by atoms with Crippen molar-refractivity contribution in [2.45, 2.75) is 6.42 Å². The van der Waals surface area contributed by atoms with Gasteiger partial charge in [0.2, 0.25) is 0 Å². The van der Waals surface area contributed by atoms with E-state index in [1.54, 1.807) is 0 Å². The first-order valence-electron chi connectivity index (χ1n) is 1.72. The molecule has 0 N–H and O–H groups in total. The SMILES string of the molecule is [C-]1=CC=CC1.[CH3-].[CH3-].[H-].[Ti+3]. The van der Waals surface area contributed by atoms with Gasteiger partial charge in [-0.15, -0.1) is 6.42 Å². The fourth-order valence-electron chi connectivity index (χ4n) is 0.340. The van der Waals surface area contributed by atoms with Crippen molar-refractivity contribution in [1.29, 1.82) is 0 Å². The number of rotatable bonds is 0. The van der Waals surface area contributed by atoms with Gasteiger partial charge < -0.3 is 16.3 Å². The Bertz CT molecular complexity index is 67.0. The molecule has 0 saturated carbocycles. The van der Waals surface area contributed by atoms with Gasteiger partial charge in [0.1, 0.15) is 0 Å². The molecular formula is C7H12Ti-. The molecule has 1 rings (SSSR count). The Balaban J connectivity index is -0.0000000312. The van der Waals surface area contributed by atoms with Gasteiger partial charge in [0.05, 0.1) is 0 Å². The number of allylic oxidation sites excluding steroid dienone is 4. The summed E-state index contributed by atoms with van der Waals surface area (Å²) in [6, 6.07) is 0. The maximum Gasteiger partial charge on any atom is 3.00 e. The maximum atomic E-state index is 2.99. The normalized spacial score (nSPS) is 11.0. The van der Waals surface area contributed by atoms with E-state index in [-0.39, 0.29) is 38.0 Å². The summed E-state index contributed by atoms with van der Waals surface area (Å²) in [4.78, 5) is 0. The Hall–Kier alpha value is 0.194. The standard InChI is InChI=1S/C5H5.2CH3.Ti.H/c1-2-4-5-3-1;;;;/h1-3H,4H2;2*1H3;;/q3*-1;+3;-1. The molecule has 1 aliphatic carbocycles. The first kappa shape index (κ1) is 15.7. The van der Waals surface area contributed by atoms with Crippen molar-refractivity contribution in [2.75, 3.05) is 0 Å². The fraction of sp³-hybridized carbons (Fsp3) is 0.143. The summed E-state index contributed by atoms with van der Waals surface area (Å²) < 4.78 is 0. The first-order chi connectivity index (χ1) is 2.50. The monoisotopic (exact) mass is 144 g/mol. The van der Waals surface area contributed by atoms with Crippen LogP contribution in [0, 0.1) is 20.9 Å². The molecule has 0 bridgehead atoms. The van der Waals surface area contributed by atoms with Crippen LogP contribution in [0.1, 0.15) is 7.85 Å². The molecule has 0 amide bonds. The molecule has 1 heteroatoms. The molecule has 1 aliphatic rings. The predicted molar refractivity (Wildman–Crippen MR) is 35.5 cm³/mol. The summed E-state index contributed by atoms with van der Waals surface area (Å²) in [5.41, 5.74) is 0. The third-order valence-corrected chi connectivity index (χ3v) is 0.586. The van der Waals surface area contributed by atoms with Crippen LogP contribution in [0.3, 0.4) is 0 Å². The van der Waals surface area contributed by atoms with E-state index in [1.165, 1.54) is 0 Å². The van der Waals surface area contributed by atoms with Crippen LogP contribution >= 0.6 is 0 Å². The summed E-state index contributed by atoms with van der Waals surface area (Å²) in [6.45, 7) is 0. The summed E-state index contributed by atoms with van der Waals surface area (Å²) in [6.07, 6.45) is 10.0. The van der Waals surface area contributed by atoms with Crippen molar-refractivity contribution in [2.24, 2.45) is 0 Å². The van der Waals surface area contributed by atoms with Crippen LogP contribution < -0.4 is 0 Å². The Labute approximate surface area is 69.0 Å². The van der Waals surface area contributed by atoms with Gasteiger partial charge in [0.25, 0.3) is 0 Å². The third kappa shape index (κ3) is 6.19. The van der Waals surface area contributed by atoms with Crippen molar-refractivity contribution in [3.05, 3.63) is 39.2 Å². The van der Waals surface area contributed by atoms with Gasteiger partial charge in [-0.25, -0.2) is 12.2 Å². The molecule has 0 aromatic carbocycles. The second kappa shape index (κ2) is 10.2. The minimum atomic E-state index is 0.